The third-order valence-corrected chi connectivity index (χ3v) is 4.86. The Morgan fingerprint density at radius 3 is 1.83 bits per heavy atom. The molecule has 18 heavy (non-hydrogen) atoms. The fraction of sp³-hybridized carbons (Fsp3) is 0.917. The molecule has 0 aliphatic heterocycles. The van der Waals surface area contributed by atoms with Gasteiger partial charge in [0.05, 0.1) is 12.2 Å². The van der Waals surface area contributed by atoms with Crippen molar-refractivity contribution in [2.75, 3.05) is 12.3 Å². The number of hydrogen-bond donors (Lipinski definition) is 1. The van der Waals surface area contributed by atoms with Crippen LogP contribution in [-0.2, 0) is 14.8 Å². The number of carboxylic acid groups (broad SMARTS) is 1. The fourth-order valence-electron chi connectivity index (χ4n) is 1.71. The molecule has 0 spiro atoms. The highest BCUT2D eigenvalue weighted by Crippen LogP contribution is 2.24. The van der Waals surface area contributed by atoms with Crippen LogP contribution in [0.15, 0.2) is 0 Å². The summed E-state index contributed by atoms with van der Waals surface area (Å²) in [5, 5.41) is 8.70. The predicted octanol–water partition coefficient (Wildman–Crippen LogP) is 1.94. The van der Waals surface area contributed by atoms with Crippen molar-refractivity contribution in [2.45, 2.75) is 53.5 Å². The van der Waals surface area contributed by atoms with Crippen molar-refractivity contribution in [3.8, 4) is 0 Å². The van der Waals surface area contributed by atoms with Crippen LogP contribution >= 0.6 is 0 Å². The maximum atomic E-state index is 12.3. The van der Waals surface area contributed by atoms with Crippen LogP contribution in [0.4, 0.5) is 0 Å². The Morgan fingerprint density at radius 2 is 1.56 bits per heavy atom. The van der Waals surface area contributed by atoms with Gasteiger partial charge in [-0.2, -0.15) is 4.31 Å². The fourth-order valence-corrected chi connectivity index (χ4v) is 4.17. The highest BCUT2D eigenvalue weighted by atomic mass is 32.2. The average Bonchev–Trinajstić information content (AvgIpc) is 1.93. The summed E-state index contributed by atoms with van der Waals surface area (Å²) in [4.78, 5) is 10.6. The van der Waals surface area contributed by atoms with E-state index in [2.05, 4.69) is 0 Å². The van der Waals surface area contributed by atoms with Gasteiger partial charge in [-0.1, -0.05) is 20.8 Å². The molecular formula is C12H25NO4S. The summed E-state index contributed by atoms with van der Waals surface area (Å²) in [6.45, 7) is 10.9. The molecule has 0 amide bonds. The molecule has 1 N–H and O–H groups in total. The van der Waals surface area contributed by atoms with Crippen LogP contribution in [-0.4, -0.2) is 41.6 Å². The van der Waals surface area contributed by atoms with E-state index in [-0.39, 0.29) is 24.1 Å². The van der Waals surface area contributed by atoms with Crippen LogP contribution in [0.2, 0.25) is 0 Å². The monoisotopic (exact) mass is 279 g/mol. The Balaban J connectivity index is 5.14. The molecule has 0 bridgehead atoms. The van der Waals surface area contributed by atoms with Gasteiger partial charge in [0.1, 0.15) is 0 Å². The number of hydrogen-bond acceptors (Lipinski definition) is 3. The van der Waals surface area contributed by atoms with Crippen LogP contribution in [0.5, 0.6) is 0 Å². The van der Waals surface area contributed by atoms with Gasteiger partial charge in [-0.15, -0.1) is 0 Å². The van der Waals surface area contributed by atoms with E-state index in [1.54, 1.807) is 20.8 Å². The minimum absolute atomic E-state index is 0.0108. The Labute approximate surface area is 110 Å². The zero-order valence-electron chi connectivity index (χ0n) is 12.1. The molecule has 0 saturated heterocycles. The number of rotatable bonds is 5. The van der Waals surface area contributed by atoms with Crippen molar-refractivity contribution in [2.24, 2.45) is 5.41 Å². The van der Waals surface area contributed by atoms with Crippen LogP contribution in [0.1, 0.15) is 48.0 Å². The molecule has 0 atom stereocenters. The normalized spacial score (nSPS) is 13.9. The van der Waals surface area contributed by atoms with Crippen molar-refractivity contribution in [1.82, 2.24) is 4.31 Å². The van der Waals surface area contributed by atoms with Crippen molar-refractivity contribution in [3.05, 3.63) is 0 Å². The number of aliphatic carboxylic acids is 1. The Hall–Kier alpha value is -0.620. The molecule has 0 aromatic rings. The summed E-state index contributed by atoms with van der Waals surface area (Å²) in [6.07, 6.45) is -0.180. The van der Waals surface area contributed by atoms with Gasteiger partial charge in [-0.3, -0.25) is 4.79 Å². The average molecular weight is 279 g/mol. The summed E-state index contributed by atoms with van der Waals surface area (Å²) in [6, 6.07) is 0. The second-order valence-electron chi connectivity index (χ2n) is 6.70. The topological polar surface area (TPSA) is 74.7 Å². The maximum absolute atomic E-state index is 12.3. The lowest BCUT2D eigenvalue weighted by Gasteiger charge is -2.36. The van der Waals surface area contributed by atoms with Crippen LogP contribution < -0.4 is 0 Å². The van der Waals surface area contributed by atoms with Gasteiger partial charge < -0.3 is 5.11 Å². The largest absolute Gasteiger partial charge is 0.481 e. The third-order valence-electron chi connectivity index (χ3n) is 2.23. The lowest BCUT2D eigenvalue weighted by atomic mass is 10.0. The first-order chi connectivity index (χ1) is 7.76. The van der Waals surface area contributed by atoms with Gasteiger partial charge in [0.2, 0.25) is 10.0 Å². The van der Waals surface area contributed by atoms with Gasteiger partial charge in [0.25, 0.3) is 0 Å². The number of carbonyl (C=O) groups is 1. The van der Waals surface area contributed by atoms with Gasteiger partial charge in [0.15, 0.2) is 0 Å². The van der Waals surface area contributed by atoms with E-state index in [0.717, 1.165) is 0 Å². The van der Waals surface area contributed by atoms with E-state index >= 15 is 0 Å². The van der Waals surface area contributed by atoms with Gasteiger partial charge in [-0.25, -0.2) is 8.42 Å². The van der Waals surface area contributed by atoms with Gasteiger partial charge in [0, 0.05) is 12.1 Å². The Kier molecular flexibility index (Phi) is 5.38. The highest BCUT2D eigenvalue weighted by molar-refractivity contribution is 7.89. The molecule has 0 aromatic heterocycles. The first-order valence-electron chi connectivity index (χ1n) is 5.98. The summed E-state index contributed by atoms with van der Waals surface area (Å²) < 4.78 is 26.0. The van der Waals surface area contributed by atoms with E-state index in [4.69, 9.17) is 5.11 Å². The van der Waals surface area contributed by atoms with E-state index in [0.29, 0.717) is 0 Å². The number of nitrogens with zero attached hydrogens (tertiary/aromatic N) is 1. The first kappa shape index (κ1) is 17.4. The molecule has 0 aromatic carbocycles. The van der Waals surface area contributed by atoms with Crippen molar-refractivity contribution < 1.29 is 18.3 Å². The molecule has 5 nitrogen and oxygen atoms in total. The standard InChI is InChI=1S/C12H25NO4S/c1-11(2,3)9-18(16,17)13(12(4,5)6)8-7-10(14)15/h7-9H2,1-6H3,(H,14,15). The quantitative estimate of drug-likeness (QED) is 0.834. The summed E-state index contributed by atoms with van der Waals surface area (Å²) >= 11 is 0. The zero-order chi connectivity index (χ0) is 14.8. The van der Waals surface area contributed by atoms with Crippen molar-refractivity contribution >= 4 is 16.0 Å². The van der Waals surface area contributed by atoms with E-state index in [9.17, 15) is 13.2 Å². The summed E-state index contributed by atoms with van der Waals surface area (Å²) in [7, 11) is -3.46. The van der Waals surface area contributed by atoms with E-state index in [1.165, 1.54) is 4.31 Å². The molecule has 0 radical (unpaired) electrons. The number of carboxylic acids is 1. The van der Waals surface area contributed by atoms with E-state index in [1.807, 2.05) is 20.8 Å². The molecule has 0 rings (SSSR count). The molecule has 0 saturated carbocycles. The lowest BCUT2D eigenvalue weighted by molar-refractivity contribution is -0.137. The van der Waals surface area contributed by atoms with E-state index < -0.39 is 21.5 Å². The predicted molar refractivity (Wildman–Crippen MR) is 72.0 cm³/mol. The van der Waals surface area contributed by atoms with Crippen LogP contribution in [0.3, 0.4) is 0 Å². The first-order valence-corrected chi connectivity index (χ1v) is 7.59. The smallest absolute Gasteiger partial charge is 0.304 e. The summed E-state index contributed by atoms with van der Waals surface area (Å²) in [5.41, 5.74) is -0.967. The molecule has 0 aliphatic carbocycles. The molecule has 0 fully saturated rings. The highest BCUT2D eigenvalue weighted by Gasteiger charge is 2.35. The van der Waals surface area contributed by atoms with Crippen molar-refractivity contribution in [3.63, 3.8) is 0 Å². The molecule has 6 heteroatoms. The van der Waals surface area contributed by atoms with Gasteiger partial charge >= 0.3 is 5.97 Å². The third kappa shape index (κ3) is 6.35. The Bertz CT molecular complexity index is 387. The molecule has 0 heterocycles. The van der Waals surface area contributed by atoms with Crippen LogP contribution in [0.25, 0.3) is 0 Å². The molecular weight excluding hydrogens is 254 g/mol. The summed E-state index contributed by atoms with van der Waals surface area (Å²) in [5.74, 6) is -0.980. The lowest BCUT2D eigenvalue weighted by Crippen LogP contribution is -2.49. The maximum Gasteiger partial charge on any atom is 0.304 e. The Morgan fingerprint density at radius 1 is 1.11 bits per heavy atom. The molecule has 0 aliphatic rings. The molecule has 108 valence electrons. The minimum Gasteiger partial charge on any atom is -0.481 e. The van der Waals surface area contributed by atoms with Crippen molar-refractivity contribution in [1.29, 1.82) is 0 Å². The minimum atomic E-state index is -3.46. The van der Waals surface area contributed by atoms with Crippen LogP contribution in [0, 0.1) is 5.41 Å². The second kappa shape index (κ2) is 5.57. The zero-order valence-corrected chi connectivity index (χ0v) is 13.0. The second-order valence-corrected chi connectivity index (χ2v) is 8.60. The van der Waals surface area contributed by atoms with Gasteiger partial charge in [-0.05, 0) is 26.2 Å². The molecule has 0 unspecified atom stereocenters. The number of sulfonamides is 1. The SMILES string of the molecule is CC(C)(C)CS(=O)(=O)N(CCC(=O)O)C(C)(C)C.